The molecule has 0 saturated heterocycles. The fraction of sp³-hybridized carbons (Fsp3) is 0.400. The topological polar surface area (TPSA) is 6.25 Å². The summed E-state index contributed by atoms with van der Waals surface area (Å²) in [6, 6.07) is 15.1. The lowest BCUT2D eigenvalue weighted by Gasteiger charge is -2.20. The van der Waals surface area contributed by atoms with Crippen LogP contribution in [0.25, 0.3) is 6.08 Å². The molecule has 0 atom stereocenters. The molecule has 148 valence electrons. The first-order valence-electron chi connectivity index (χ1n) is 10.4. The first kappa shape index (κ1) is 20.7. The zero-order valence-electron chi connectivity index (χ0n) is 17.8. The average Bonchev–Trinajstić information content (AvgIpc) is 2.89. The summed E-state index contributed by atoms with van der Waals surface area (Å²) in [6.07, 6.45) is 5.63. The van der Waals surface area contributed by atoms with Gasteiger partial charge in [-0.25, -0.2) is 0 Å². The highest BCUT2D eigenvalue weighted by Gasteiger charge is 2.44. The van der Waals surface area contributed by atoms with Crippen molar-refractivity contribution in [1.29, 1.82) is 0 Å². The maximum atomic E-state index is 6.31. The van der Waals surface area contributed by atoms with Gasteiger partial charge in [0.2, 0.25) is 5.69 Å². The van der Waals surface area contributed by atoms with Crippen molar-refractivity contribution in [2.45, 2.75) is 46.5 Å². The lowest BCUT2D eigenvalue weighted by atomic mass is 9.81. The molecule has 0 radical (unpaired) electrons. The quantitative estimate of drug-likeness (QED) is 0.473. The van der Waals surface area contributed by atoms with Crippen molar-refractivity contribution in [3.05, 3.63) is 64.7 Å². The Balaban J connectivity index is 1.94. The van der Waals surface area contributed by atoms with E-state index in [2.05, 4.69) is 92.6 Å². The van der Waals surface area contributed by atoms with Crippen LogP contribution in [0.4, 0.5) is 11.4 Å². The Morgan fingerprint density at radius 1 is 0.964 bits per heavy atom. The number of hydrogen-bond acceptors (Lipinski definition) is 1. The molecule has 0 fully saturated rings. The average molecular weight is 396 g/mol. The monoisotopic (exact) mass is 395 g/mol. The van der Waals surface area contributed by atoms with E-state index in [4.69, 9.17) is 11.6 Å². The van der Waals surface area contributed by atoms with E-state index < -0.39 is 0 Å². The van der Waals surface area contributed by atoms with Crippen LogP contribution in [0.3, 0.4) is 0 Å². The van der Waals surface area contributed by atoms with Crippen molar-refractivity contribution in [3.8, 4) is 0 Å². The Labute approximate surface area is 175 Å². The Morgan fingerprint density at radius 2 is 1.64 bits per heavy atom. The fourth-order valence-corrected chi connectivity index (χ4v) is 4.34. The number of fused-ring (bicyclic) bond motifs is 1. The molecule has 1 aliphatic rings. The molecule has 3 heteroatoms. The summed E-state index contributed by atoms with van der Waals surface area (Å²) in [5.74, 6) is 0. The summed E-state index contributed by atoms with van der Waals surface area (Å²) in [5.41, 5.74) is 6.38. The van der Waals surface area contributed by atoms with E-state index in [0.29, 0.717) is 0 Å². The van der Waals surface area contributed by atoms with Crippen molar-refractivity contribution >= 4 is 34.8 Å². The van der Waals surface area contributed by atoms with Crippen LogP contribution in [0, 0.1) is 0 Å². The second-order valence-electron chi connectivity index (χ2n) is 7.92. The summed E-state index contributed by atoms with van der Waals surface area (Å²) in [7, 11) is 0. The van der Waals surface area contributed by atoms with Gasteiger partial charge in [0.1, 0.15) is 6.54 Å². The minimum atomic E-state index is -0.0624. The van der Waals surface area contributed by atoms with Crippen molar-refractivity contribution in [2.24, 2.45) is 0 Å². The zero-order chi connectivity index (χ0) is 20.3. The number of allylic oxidation sites excluding steroid dienone is 1. The molecule has 0 amide bonds. The van der Waals surface area contributed by atoms with Gasteiger partial charge in [-0.05, 0) is 63.6 Å². The van der Waals surface area contributed by atoms with Crippen molar-refractivity contribution in [2.75, 3.05) is 24.5 Å². The van der Waals surface area contributed by atoms with E-state index in [1.165, 1.54) is 28.2 Å². The molecule has 0 aliphatic carbocycles. The Bertz CT molecular complexity index is 887. The van der Waals surface area contributed by atoms with E-state index in [1.807, 2.05) is 6.07 Å². The van der Waals surface area contributed by atoms with Crippen LogP contribution in [0.2, 0.25) is 5.02 Å². The van der Waals surface area contributed by atoms with Crippen LogP contribution in [0.15, 0.2) is 48.5 Å². The number of anilines is 1. The van der Waals surface area contributed by atoms with Gasteiger partial charge in [-0.2, -0.15) is 4.58 Å². The molecule has 0 spiro atoms. The van der Waals surface area contributed by atoms with Gasteiger partial charge in [-0.1, -0.05) is 30.7 Å². The standard InChI is InChI=1S/C25H32ClN2/c1-6-17-28-23-15-12-20(26)18-22(23)25(4,5)24(28)16-11-19-9-13-21(14-10-19)27(7-2)8-3/h9-16,18H,6-8,17H2,1-5H3/q+1. The molecular weight excluding hydrogens is 364 g/mol. The highest BCUT2D eigenvalue weighted by molar-refractivity contribution is 6.30. The van der Waals surface area contributed by atoms with E-state index in [-0.39, 0.29) is 5.41 Å². The number of benzene rings is 2. The molecule has 2 aromatic carbocycles. The first-order chi connectivity index (χ1) is 13.4. The molecule has 0 saturated carbocycles. The molecule has 0 unspecified atom stereocenters. The van der Waals surface area contributed by atoms with Crippen LogP contribution in [0.5, 0.6) is 0 Å². The highest BCUT2D eigenvalue weighted by Crippen LogP contribution is 2.41. The van der Waals surface area contributed by atoms with Gasteiger partial charge in [0.15, 0.2) is 5.71 Å². The van der Waals surface area contributed by atoms with Crippen molar-refractivity contribution in [3.63, 3.8) is 0 Å². The van der Waals surface area contributed by atoms with Gasteiger partial charge < -0.3 is 4.90 Å². The van der Waals surface area contributed by atoms with E-state index >= 15 is 0 Å². The van der Waals surface area contributed by atoms with Gasteiger partial charge in [0, 0.05) is 47.9 Å². The minimum Gasteiger partial charge on any atom is -0.372 e. The van der Waals surface area contributed by atoms with E-state index in [1.54, 1.807) is 0 Å². The zero-order valence-corrected chi connectivity index (χ0v) is 18.6. The molecular formula is C25H32ClN2+. The third-order valence-electron chi connectivity index (χ3n) is 5.76. The molecule has 0 N–H and O–H groups in total. The van der Waals surface area contributed by atoms with E-state index in [9.17, 15) is 0 Å². The number of halogens is 1. The van der Waals surface area contributed by atoms with Crippen LogP contribution in [-0.4, -0.2) is 29.9 Å². The summed E-state index contributed by atoms with van der Waals surface area (Å²) >= 11 is 6.31. The van der Waals surface area contributed by atoms with Gasteiger partial charge in [-0.15, -0.1) is 0 Å². The van der Waals surface area contributed by atoms with Crippen molar-refractivity contribution in [1.82, 2.24) is 0 Å². The van der Waals surface area contributed by atoms with Crippen molar-refractivity contribution < 1.29 is 4.58 Å². The van der Waals surface area contributed by atoms with Crippen LogP contribution in [-0.2, 0) is 5.41 Å². The minimum absolute atomic E-state index is 0.0624. The van der Waals surface area contributed by atoms with Gasteiger partial charge in [0.25, 0.3) is 0 Å². The summed E-state index contributed by atoms with van der Waals surface area (Å²) in [4.78, 5) is 2.37. The Morgan fingerprint density at radius 3 is 2.25 bits per heavy atom. The molecule has 2 aromatic rings. The van der Waals surface area contributed by atoms with E-state index in [0.717, 1.165) is 31.1 Å². The van der Waals surface area contributed by atoms with Gasteiger partial charge >= 0.3 is 0 Å². The number of hydrogen-bond donors (Lipinski definition) is 0. The highest BCUT2D eigenvalue weighted by atomic mass is 35.5. The molecule has 0 aromatic heterocycles. The molecule has 28 heavy (non-hydrogen) atoms. The SMILES string of the molecule is CCC[N+]1=C(C=Cc2ccc(N(CC)CC)cc2)C(C)(C)c2cc(Cl)ccc21. The smallest absolute Gasteiger partial charge is 0.209 e. The fourth-order valence-electron chi connectivity index (χ4n) is 4.17. The number of rotatable bonds is 7. The molecule has 3 rings (SSSR count). The second-order valence-corrected chi connectivity index (χ2v) is 8.36. The van der Waals surface area contributed by atoms with Crippen LogP contribution >= 0.6 is 11.6 Å². The largest absolute Gasteiger partial charge is 0.372 e. The predicted molar refractivity (Wildman–Crippen MR) is 124 cm³/mol. The number of nitrogens with zero attached hydrogens (tertiary/aromatic N) is 2. The maximum absolute atomic E-state index is 6.31. The summed E-state index contributed by atoms with van der Waals surface area (Å²) < 4.78 is 2.45. The third kappa shape index (κ3) is 3.89. The van der Waals surface area contributed by atoms with Gasteiger partial charge in [-0.3, -0.25) is 0 Å². The lowest BCUT2D eigenvalue weighted by Crippen LogP contribution is -2.27. The third-order valence-corrected chi connectivity index (χ3v) is 5.99. The molecule has 0 bridgehead atoms. The predicted octanol–water partition coefficient (Wildman–Crippen LogP) is 6.69. The van der Waals surface area contributed by atoms with Crippen LogP contribution in [0.1, 0.15) is 52.2 Å². The maximum Gasteiger partial charge on any atom is 0.209 e. The summed E-state index contributed by atoms with van der Waals surface area (Å²) in [6.45, 7) is 14.3. The molecule has 1 aliphatic heterocycles. The molecule has 2 nitrogen and oxygen atoms in total. The second kappa shape index (κ2) is 8.53. The lowest BCUT2D eigenvalue weighted by molar-refractivity contribution is -0.437. The Kier molecular flexibility index (Phi) is 6.30. The van der Waals surface area contributed by atoms with Crippen LogP contribution < -0.4 is 4.90 Å². The normalized spacial score (nSPS) is 15.4. The Hall–Kier alpha value is -2.06. The molecule has 1 heterocycles. The first-order valence-corrected chi connectivity index (χ1v) is 10.8. The summed E-state index contributed by atoms with van der Waals surface area (Å²) in [5, 5.41) is 0.806. The van der Waals surface area contributed by atoms with Gasteiger partial charge in [0.05, 0.1) is 5.41 Å².